The van der Waals surface area contributed by atoms with Crippen LogP contribution < -0.4 is 5.32 Å². The van der Waals surface area contributed by atoms with E-state index in [-0.39, 0.29) is 57.3 Å². The van der Waals surface area contributed by atoms with Gasteiger partial charge in [0.1, 0.15) is 0 Å². The molecule has 50 heavy (non-hydrogen) atoms. The summed E-state index contributed by atoms with van der Waals surface area (Å²) in [6, 6.07) is 21.2. The van der Waals surface area contributed by atoms with Gasteiger partial charge in [-0.1, -0.05) is 70.2 Å². The zero-order chi connectivity index (χ0) is 38.6. The number of aliphatic hydroxyl groups excluding tert-OH is 1. The largest absolute Gasteiger partial charge is 0.400 e. The van der Waals surface area contributed by atoms with Crippen LogP contribution in [0.2, 0.25) is 0 Å². The standard InChI is InChI=1S/C29H27N4O7P.C6H15N.CH4O/c1-20-17-27(40-41-39-16-2-15-30)19-31(20)29(34)25-11-9-23(10-12-25)22-6-3-21(4-7-22)5-8-24-13-14-26(32(35)36)18-28(24)33(37)38;1-5(2)7-6(3)4;1-2/h3-14,18,20,27,41H,2,16-17,19H2,1H3;5-7H,1-4H3;2H,1H3/b8-5+;;/t20-,27-;;/m1../s1/i1D;;2T. The molecule has 4 rings (SSSR count). The van der Waals surface area contributed by atoms with Gasteiger partial charge in [0.25, 0.3) is 17.3 Å². The van der Waals surface area contributed by atoms with Gasteiger partial charge < -0.3 is 24.4 Å². The molecule has 1 amide bonds. The van der Waals surface area contributed by atoms with Gasteiger partial charge in [-0.3, -0.25) is 25.0 Å². The summed E-state index contributed by atoms with van der Waals surface area (Å²) in [5.41, 5.74) is 2.64. The monoisotopic (exact) mass is 710 g/mol. The van der Waals surface area contributed by atoms with Gasteiger partial charge in [-0.05, 0) is 54.3 Å². The Morgan fingerprint density at radius 2 is 1.72 bits per heavy atom. The number of hydrogen-bond donors (Lipinski definition) is 2. The van der Waals surface area contributed by atoms with E-state index >= 15 is 0 Å². The SMILES string of the molecule is CC(C)NC(C)C.[2H]C[C@@H]1C[C@@H](OPOCCC#N)CN1C(=O)c1ccc(-c2ccc(/C=C/c3ccc([N+](=O)[O-])cc3[N+](=O)[O-])cc2)cc1.[3H]OC. The van der Waals surface area contributed by atoms with Crippen LogP contribution in [0.1, 0.15) is 70.3 Å². The van der Waals surface area contributed by atoms with Crippen molar-refractivity contribution in [1.29, 1.82) is 6.69 Å². The number of carbonyl (C=O) groups excluding carboxylic acids is 1. The predicted molar refractivity (Wildman–Crippen MR) is 197 cm³/mol. The normalized spacial score (nSPS) is 16.0. The second-order valence-corrected chi connectivity index (χ2v) is 12.4. The highest BCUT2D eigenvalue weighted by molar-refractivity contribution is 7.26. The Hall–Kier alpha value is -4.57. The highest BCUT2D eigenvalue weighted by atomic mass is 31.1. The van der Waals surface area contributed by atoms with Gasteiger partial charge in [-0.25, -0.2) is 0 Å². The fourth-order valence-corrected chi connectivity index (χ4v) is 5.56. The number of non-ortho nitro benzene ring substituents is 1. The summed E-state index contributed by atoms with van der Waals surface area (Å²) in [6.45, 7) is 9.35. The van der Waals surface area contributed by atoms with Gasteiger partial charge in [0.2, 0.25) is 1.43 Å². The Bertz CT molecular complexity index is 1650. The average Bonchev–Trinajstić information content (AvgIpc) is 3.53. The minimum Gasteiger partial charge on any atom is -0.400 e. The molecule has 1 aliphatic heterocycles. The summed E-state index contributed by atoms with van der Waals surface area (Å²) in [5.74, 6) is -0.167. The van der Waals surface area contributed by atoms with Crippen molar-refractivity contribution in [3.05, 3.63) is 104 Å². The summed E-state index contributed by atoms with van der Waals surface area (Å²) in [5, 5.41) is 37.7. The topological polar surface area (TPSA) is 181 Å². The fraction of sp³-hybridized carbons (Fsp3) is 0.389. The number of hydrogen-bond acceptors (Lipinski definition) is 10. The van der Waals surface area contributed by atoms with Crippen LogP contribution in [0.25, 0.3) is 23.3 Å². The molecular weight excluding hydrogens is 661 g/mol. The lowest BCUT2D eigenvalue weighted by atomic mass is 10.0. The van der Waals surface area contributed by atoms with Gasteiger partial charge >= 0.3 is 0 Å². The van der Waals surface area contributed by atoms with E-state index in [0.29, 0.717) is 37.2 Å². The van der Waals surface area contributed by atoms with Gasteiger partial charge in [-0.15, -0.1) is 0 Å². The minimum atomic E-state index is -0.674. The zero-order valence-corrected chi connectivity index (χ0v) is 29.9. The van der Waals surface area contributed by atoms with Crippen molar-refractivity contribution in [2.45, 2.75) is 71.7 Å². The van der Waals surface area contributed by atoms with Gasteiger partial charge in [0.15, 0.2) is 9.03 Å². The Morgan fingerprint density at radius 1 is 1.10 bits per heavy atom. The van der Waals surface area contributed by atoms with E-state index in [4.69, 9.17) is 17.1 Å². The Kier molecular flexibility index (Phi) is 16.4. The number of nitriles is 1. The Labute approximate surface area is 298 Å². The van der Waals surface area contributed by atoms with Gasteiger partial charge in [0.05, 0.1) is 46.7 Å². The number of benzene rings is 3. The van der Waals surface area contributed by atoms with Crippen LogP contribution in [0, 0.1) is 31.6 Å². The molecule has 1 heterocycles. The molecule has 3 atom stereocenters. The molecule has 13 nitrogen and oxygen atoms in total. The molecule has 3 aromatic carbocycles. The number of nitro benzene ring substituents is 2. The van der Waals surface area contributed by atoms with E-state index < -0.39 is 9.85 Å². The van der Waals surface area contributed by atoms with Crippen LogP contribution in [0.4, 0.5) is 11.4 Å². The number of carbonyl (C=O) groups is 1. The molecule has 3 aromatic rings. The van der Waals surface area contributed by atoms with Crippen molar-refractivity contribution in [3.8, 4) is 17.2 Å². The maximum absolute atomic E-state index is 13.2. The van der Waals surface area contributed by atoms with E-state index in [0.717, 1.165) is 22.8 Å². The van der Waals surface area contributed by atoms with Crippen molar-refractivity contribution in [2.75, 3.05) is 20.3 Å². The highest BCUT2D eigenvalue weighted by Gasteiger charge is 2.33. The molecule has 0 aliphatic carbocycles. The Morgan fingerprint density at radius 3 is 2.24 bits per heavy atom. The lowest BCUT2D eigenvalue weighted by Crippen LogP contribution is -2.34. The van der Waals surface area contributed by atoms with Crippen molar-refractivity contribution >= 4 is 38.5 Å². The maximum atomic E-state index is 13.2. The average molecular weight is 711 g/mol. The van der Waals surface area contributed by atoms with Crippen molar-refractivity contribution in [3.63, 3.8) is 0 Å². The Balaban J connectivity index is 0.000000826. The van der Waals surface area contributed by atoms with E-state index in [9.17, 15) is 25.0 Å². The number of nitro groups is 2. The molecule has 1 saturated heterocycles. The third-order valence-electron chi connectivity index (χ3n) is 7.15. The fourth-order valence-electron chi connectivity index (χ4n) is 5.00. The minimum absolute atomic E-state index is 0.0699. The number of aliphatic hydroxyl groups is 1. The van der Waals surface area contributed by atoms with Crippen LogP contribution >= 0.6 is 9.03 Å². The molecule has 0 aromatic heterocycles. The van der Waals surface area contributed by atoms with Gasteiger partial charge in [0, 0.05) is 44.8 Å². The number of likely N-dealkylation sites (tertiary alicyclic amines) is 1. The lowest BCUT2D eigenvalue weighted by molar-refractivity contribution is -0.394. The predicted octanol–water partition coefficient (Wildman–Crippen LogP) is 7.40. The first-order valence-electron chi connectivity index (χ1n) is 17.0. The van der Waals surface area contributed by atoms with Crippen LogP contribution in [0.5, 0.6) is 0 Å². The molecule has 0 spiro atoms. The molecule has 0 saturated carbocycles. The van der Waals surface area contributed by atoms with Crippen LogP contribution in [-0.2, 0) is 9.05 Å². The first-order valence-corrected chi connectivity index (χ1v) is 16.7. The van der Waals surface area contributed by atoms with E-state index in [2.05, 4.69) is 38.1 Å². The van der Waals surface area contributed by atoms with Crippen molar-refractivity contribution in [2.24, 2.45) is 0 Å². The first kappa shape index (κ1) is 38.2. The van der Waals surface area contributed by atoms with Crippen LogP contribution in [0.3, 0.4) is 0 Å². The van der Waals surface area contributed by atoms with Crippen molar-refractivity contribution in [1.82, 2.24) is 10.2 Å². The first-order chi connectivity index (χ1) is 24.8. The van der Waals surface area contributed by atoms with Crippen LogP contribution in [0.15, 0.2) is 66.7 Å². The zero-order valence-electron chi connectivity index (χ0n) is 30.9. The molecule has 1 unspecified atom stereocenters. The van der Waals surface area contributed by atoms with Crippen LogP contribution in [-0.4, -0.2) is 71.7 Å². The van der Waals surface area contributed by atoms with E-state index in [1.54, 1.807) is 23.1 Å². The van der Waals surface area contributed by atoms with E-state index in [1.807, 2.05) is 42.5 Å². The quantitative estimate of drug-likeness (QED) is 0.0596. The summed E-state index contributed by atoms with van der Waals surface area (Å²) in [6.07, 6.45) is 3.85. The maximum Gasteiger partial charge on any atom is 0.283 e. The number of nitrogens with one attached hydrogen (secondary N) is 1. The summed E-state index contributed by atoms with van der Waals surface area (Å²) >= 11 is 0. The third kappa shape index (κ3) is 13.4. The van der Waals surface area contributed by atoms with E-state index in [1.165, 1.54) is 25.3 Å². The molecular formula is C36H46N5O8P. The van der Waals surface area contributed by atoms with Crippen molar-refractivity contribution < 1.29 is 30.2 Å². The molecule has 268 valence electrons. The lowest BCUT2D eigenvalue weighted by Gasteiger charge is -2.21. The second kappa shape index (κ2) is 21.5. The third-order valence-corrected chi connectivity index (χ3v) is 7.90. The number of nitrogens with zero attached hydrogens (tertiary/aromatic N) is 4. The second-order valence-electron chi connectivity index (χ2n) is 11.7. The van der Waals surface area contributed by atoms with Gasteiger partial charge in [-0.2, -0.15) is 5.26 Å². The molecule has 1 aliphatic rings. The highest BCUT2D eigenvalue weighted by Crippen LogP contribution is 2.30. The molecule has 2 N–H and O–H groups in total. The summed E-state index contributed by atoms with van der Waals surface area (Å²) in [4.78, 5) is 35.9. The number of amides is 1. The molecule has 1 fully saturated rings. The molecule has 0 bridgehead atoms. The smallest absolute Gasteiger partial charge is 0.283 e. The molecule has 14 heteroatoms. The summed E-state index contributed by atoms with van der Waals surface area (Å²) in [7, 11) is 1.07. The number of rotatable bonds is 13. The molecule has 0 radical (unpaired) electrons. The summed E-state index contributed by atoms with van der Waals surface area (Å²) < 4.78 is 24.6.